The summed E-state index contributed by atoms with van der Waals surface area (Å²) in [5, 5.41) is 3.94. The predicted molar refractivity (Wildman–Crippen MR) is 96.8 cm³/mol. The van der Waals surface area contributed by atoms with Gasteiger partial charge in [0.05, 0.1) is 4.90 Å². The van der Waals surface area contributed by atoms with E-state index in [1.165, 1.54) is 22.5 Å². The van der Waals surface area contributed by atoms with Crippen LogP contribution in [0.5, 0.6) is 0 Å². The molecule has 0 unspecified atom stereocenters. The zero-order valence-corrected chi connectivity index (χ0v) is 15.9. The van der Waals surface area contributed by atoms with Gasteiger partial charge in [0.15, 0.2) is 17.5 Å². The Hall–Kier alpha value is -2.72. The van der Waals surface area contributed by atoms with E-state index >= 15 is 0 Å². The lowest BCUT2D eigenvalue weighted by atomic mass is 9.97. The molecule has 152 valence electrons. The summed E-state index contributed by atoms with van der Waals surface area (Å²) in [5.41, 5.74) is 0.460. The van der Waals surface area contributed by atoms with Crippen LogP contribution in [0.3, 0.4) is 0 Å². The number of hydrogen-bond acceptors (Lipinski definition) is 5. The summed E-state index contributed by atoms with van der Waals surface area (Å²) in [6, 6.07) is 8.31. The molecule has 6 nitrogen and oxygen atoms in total. The van der Waals surface area contributed by atoms with Crippen molar-refractivity contribution in [2.24, 2.45) is 0 Å². The van der Waals surface area contributed by atoms with Crippen LogP contribution < -0.4 is 0 Å². The fraction of sp³-hybridized carbons (Fsp3) is 0.263. The molecular formula is C19H16F3N3O3S. The Balaban J connectivity index is 1.46. The number of sulfonamides is 1. The van der Waals surface area contributed by atoms with Gasteiger partial charge >= 0.3 is 0 Å². The number of halogens is 3. The van der Waals surface area contributed by atoms with E-state index < -0.39 is 27.5 Å². The highest BCUT2D eigenvalue weighted by Gasteiger charge is 2.32. The van der Waals surface area contributed by atoms with E-state index in [2.05, 4.69) is 10.1 Å². The highest BCUT2D eigenvalue weighted by molar-refractivity contribution is 7.89. The Morgan fingerprint density at radius 3 is 2.45 bits per heavy atom. The second kappa shape index (κ2) is 7.60. The second-order valence-corrected chi connectivity index (χ2v) is 8.66. The fourth-order valence-corrected chi connectivity index (χ4v) is 4.76. The van der Waals surface area contributed by atoms with Gasteiger partial charge in [-0.15, -0.1) is 0 Å². The zero-order chi connectivity index (χ0) is 20.6. The van der Waals surface area contributed by atoms with Gasteiger partial charge in [-0.3, -0.25) is 0 Å². The van der Waals surface area contributed by atoms with E-state index in [4.69, 9.17) is 4.52 Å². The van der Waals surface area contributed by atoms with Crippen LogP contribution in [0.25, 0.3) is 11.5 Å². The second-order valence-electron chi connectivity index (χ2n) is 6.72. The van der Waals surface area contributed by atoms with E-state index in [9.17, 15) is 21.6 Å². The maximum Gasteiger partial charge on any atom is 0.258 e. The number of rotatable bonds is 4. The first-order valence-electron chi connectivity index (χ1n) is 8.89. The van der Waals surface area contributed by atoms with Crippen LogP contribution in [-0.2, 0) is 10.0 Å². The molecule has 1 aliphatic heterocycles. The van der Waals surface area contributed by atoms with Gasteiger partial charge in [-0.05, 0) is 49.2 Å². The van der Waals surface area contributed by atoms with Crippen molar-refractivity contribution in [3.05, 3.63) is 65.7 Å². The first-order chi connectivity index (χ1) is 13.8. The van der Waals surface area contributed by atoms with Crippen LogP contribution >= 0.6 is 0 Å². The van der Waals surface area contributed by atoms with E-state index in [0.717, 1.165) is 12.1 Å². The average Bonchev–Trinajstić information content (AvgIpc) is 3.20. The molecular weight excluding hydrogens is 407 g/mol. The van der Waals surface area contributed by atoms with Crippen LogP contribution in [0, 0.1) is 17.5 Å². The molecule has 10 heteroatoms. The van der Waals surface area contributed by atoms with Crippen molar-refractivity contribution in [2.75, 3.05) is 13.1 Å². The van der Waals surface area contributed by atoms with Gasteiger partial charge in [0.25, 0.3) is 5.89 Å². The molecule has 0 radical (unpaired) electrons. The largest absolute Gasteiger partial charge is 0.334 e. The molecule has 29 heavy (non-hydrogen) atoms. The molecule has 0 saturated carbocycles. The SMILES string of the molecule is O=S(=O)(c1ccc(F)c(F)c1)N1CCC(c2noc(-c3cccc(F)c3)n2)CC1. The van der Waals surface area contributed by atoms with Gasteiger partial charge in [-0.1, -0.05) is 11.2 Å². The van der Waals surface area contributed by atoms with Crippen molar-refractivity contribution >= 4 is 10.0 Å². The number of piperidine rings is 1. The lowest BCUT2D eigenvalue weighted by Crippen LogP contribution is -2.38. The molecule has 0 atom stereocenters. The highest BCUT2D eigenvalue weighted by atomic mass is 32.2. The zero-order valence-electron chi connectivity index (χ0n) is 15.1. The maximum absolute atomic E-state index is 13.4. The van der Waals surface area contributed by atoms with Crippen molar-refractivity contribution in [3.63, 3.8) is 0 Å². The van der Waals surface area contributed by atoms with Gasteiger partial charge in [0.1, 0.15) is 5.82 Å². The minimum Gasteiger partial charge on any atom is -0.334 e. The molecule has 1 aromatic heterocycles. The third kappa shape index (κ3) is 3.90. The number of hydrogen-bond donors (Lipinski definition) is 0. The molecule has 1 saturated heterocycles. The number of nitrogens with zero attached hydrogens (tertiary/aromatic N) is 3. The third-order valence-corrected chi connectivity index (χ3v) is 6.76. The molecule has 0 aliphatic carbocycles. The molecule has 3 aromatic rings. The van der Waals surface area contributed by atoms with Crippen molar-refractivity contribution < 1.29 is 26.1 Å². The lowest BCUT2D eigenvalue weighted by Gasteiger charge is -2.29. The van der Waals surface area contributed by atoms with E-state index in [1.807, 2.05) is 0 Å². The summed E-state index contributed by atoms with van der Waals surface area (Å²) in [5.74, 6) is -2.24. The molecule has 0 bridgehead atoms. The van der Waals surface area contributed by atoms with Crippen LogP contribution in [0.1, 0.15) is 24.6 Å². The molecule has 2 heterocycles. The molecule has 0 N–H and O–H groups in total. The number of benzene rings is 2. The molecule has 2 aromatic carbocycles. The van der Waals surface area contributed by atoms with Crippen molar-refractivity contribution in [2.45, 2.75) is 23.7 Å². The van der Waals surface area contributed by atoms with Crippen molar-refractivity contribution in [1.82, 2.24) is 14.4 Å². The summed E-state index contributed by atoms with van der Waals surface area (Å²) in [7, 11) is -3.93. The van der Waals surface area contributed by atoms with Crippen LogP contribution in [0.4, 0.5) is 13.2 Å². The lowest BCUT2D eigenvalue weighted by molar-refractivity contribution is 0.307. The standard InChI is InChI=1S/C19H16F3N3O3S/c20-14-3-1-2-13(10-14)19-23-18(24-28-19)12-6-8-25(9-7-12)29(26,27)15-4-5-16(21)17(22)11-15/h1-5,10-12H,6-9H2. The topological polar surface area (TPSA) is 76.3 Å². The highest BCUT2D eigenvalue weighted by Crippen LogP contribution is 2.31. The van der Waals surface area contributed by atoms with Crippen molar-refractivity contribution in [3.8, 4) is 11.5 Å². The van der Waals surface area contributed by atoms with Gasteiger partial charge < -0.3 is 4.52 Å². The quantitative estimate of drug-likeness (QED) is 0.639. The summed E-state index contributed by atoms with van der Waals surface area (Å²) >= 11 is 0. The minimum atomic E-state index is -3.93. The minimum absolute atomic E-state index is 0.127. The molecule has 0 spiro atoms. The Kier molecular flexibility index (Phi) is 5.13. The normalized spacial score (nSPS) is 16.2. The Morgan fingerprint density at radius 1 is 1.00 bits per heavy atom. The van der Waals surface area contributed by atoms with E-state index in [-0.39, 0.29) is 29.8 Å². The summed E-state index contributed by atoms with van der Waals surface area (Å²) < 4.78 is 71.6. The third-order valence-electron chi connectivity index (χ3n) is 4.86. The average molecular weight is 423 g/mol. The van der Waals surface area contributed by atoms with Crippen LogP contribution in [-0.4, -0.2) is 36.0 Å². The van der Waals surface area contributed by atoms with Crippen molar-refractivity contribution in [1.29, 1.82) is 0 Å². The Labute approximate surface area is 165 Å². The Morgan fingerprint density at radius 2 is 1.76 bits per heavy atom. The molecule has 0 amide bonds. The molecule has 4 rings (SSSR count). The smallest absolute Gasteiger partial charge is 0.258 e. The molecule has 1 aliphatic rings. The summed E-state index contributed by atoms with van der Waals surface area (Å²) in [6.07, 6.45) is 0.871. The fourth-order valence-electron chi connectivity index (χ4n) is 3.28. The summed E-state index contributed by atoms with van der Waals surface area (Å²) in [4.78, 5) is 4.02. The monoisotopic (exact) mass is 423 g/mol. The first kappa shape index (κ1) is 19.6. The Bertz CT molecular complexity index is 1140. The number of aromatic nitrogens is 2. The first-order valence-corrected chi connectivity index (χ1v) is 10.3. The van der Waals surface area contributed by atoms with Gasteiger partial charge in [0.2, 0.25) is 10.0 Å². The van der Waals surface area contributed by atoms with Gasteiger partial charge in [0, 0.05) is 24.6 Å². The molecule has 1 fully saturated rings. The van der Waals surface area contributed by atoms with Crippen LogP contribution in [0.2, 0.25) is 0 Å². The van der Waals surface area contributed by atoms with Crippen LogP contribution in [0.15, 0.2) is 51.9 Å². The maximum atomic E-state index is 13.4. The van der Waals surface area contributed by atoms with E-state index in [1.54, 1.807) is 6.07 Å². The summed E-state index contributed by atoms with van der Waals surface area (Å²) in [6.45, 7) is 0.353. The van der Waals surface area contributed by atoms with Gasteiger partial charge in [-0.25, -0.2) is 21.6 Å². The van der Waals surface area contributed by atoms with Gasteiger partial charge in [-0.2, -0.15) is 9.29 Å². The van der Waals surface area contributed by atoms with E-state index in [0.29, 0.717) is 30.3 Å². The predicted octanol–water partition coefficient (Wildman–Crippen LogP) is 3.72.